The molecule has 0 saturated heterocycles. The maximum absolute atomic E-state index is 13.7. The summed E-state index contributed by atoms with van der Waals surface area (Å²) in [6, 6.07) is 11.6. The molecule has 2 aromatic carbocycles. The van der Waals surface area contributed by atoms with Crippen molar-refractivity contribution in [2.75, 3.05) is 0 Å². The third-order valence-corrected chi connectivity index (χ3v) is 3.94. The zero-order valence-corrected chi connectivity index (χ0v) is 12.8. The van der Waals surface area contributed by atoms with Gasteiger partial charge in [-0.1, -0.05) is 19.1 Å². The lowest BCUT2D eigenvalue weighted by Gasteiger charge is -2.09. The molecule has 1 aromatic heterocycles. The van der Waals surface area contributed by atoms with Crippen LogP contribution in [0.4, 0.5) is 4.39 Å². The first-order valence-electron chi connectivity index (χ1n) is 6.96. The van der Waals surface area contributed by atoms with Crippen molar-refractivity contribution >= 4 is 22.6 Å². The quantitative estimate of drug-likeness (QED) is 0.637. The molecule has 2 nitrogen and oxygen atoms in total. The van der Waals surface area contributed by atoms with Gasteiger partial charge in [0, 0.05) is 11.8 Å². The Morgan fingerprint density at radius 3 is 2.76 bits per heavy atom. The number of nitrogens with zero attached hydrogens (tertiary/aromatic N) is 2. The van der Waals surface area contributed by atoms with Gasteiger partial charge >= 0.3 is 0 Å². The highest BCUT2D eigenvalue weighted by molar-refractivity contribution is 6.17. The van der Waals surface area contributed by atoms with E-state index in [1.165, 1.54) is 11.6 Å². The normalized spacial score (nSPS) is 11.2. The first-order chi connectivity index (χ1) is 10.1. The minimum Gasteiger partial charge on any atom is -0.295 e. The van der Waals surface area contributed by atoms with Crippen molar-refractivity contribution in [1.29, 1.82) is 0 Å². The number of aryl methyl sites for hydroxylation is 2. The lowest BCUT2D eigenvalue weighted by Crippen LogP contribution is -2.00. The Morgan fingerprint density at radius 2 is 2.05 bits per heavy atom. The average Bonchev–Trinajstić information content (AvgIpc) is 2.85. The minimum absolute atomic E-state index is 0.240. The van der Waals surface area contributed by atoms with Crippen molar-refractivity contribution in [1.82, 2.24) is 9.55 Å². The van der Waals surface area contributed by atoms with E-state index in [4.69, 9.17) is 11.6 Å². The van der Waals surface area contributed by atoms with Crippen molar-refractivity contribution in [3.63, 3.8) is 0 Å². The predicted octanol–water partition coefficient (Wildman–Crippen LogP) is 4.77. The number of fused-ring (bicyclic) bond motifs is 1. The van der Waals surface area contributed by atoms with Gasteiger partial charge in [-0.25, -0.2) is 9.37 Å². The summed E-state index contributed by atoms with van der Waals surface area (Å²) < 4.78 is 15.7. The summed E-state index contributed by atoms with van der Waals surface area (Å²) in [6.45, 7) is 3.88. The van der Waals surface area contributed by atoms with Crippen molar-refractivity contribution in [3.8, 4) is 5.69 Å². The Morgan fingerprint density at radius 1 is 1.24 bits per heavy atom. The molecule has 3 rings (SSSR count). The fourth-order valence-electron chi connectivity index (χ4n) is 2.55. The highest BCUT2D eigenvalue weighted by Crippen LogP contribution is 2.25. The third kappa shape index (κ3) is 2.42. The van der Waals surface area contributed by atoms with Crippen LogP contribution in [0.2, 0.25) is 0 Å². The molecular weight excluding hydrogens is 287 g/mol. The summed E-state index contributed by atoms with van der Waals surface area (Å²) in [5.74, 6) is 0.770. The largest absolute Gasteiger partial charge is 0.295 e. The van der Waals surface area contributed by atoms with Gasteiger partial charge in [0.2, 0.25) is 0 Å². The second-order valence-electron chi connectivity index (χ2n) is 5.11. The van der Waals surface area contributed by atoms with Gasteiger partial charge in [-0.05, 0) is 42.7 Å². The minimum atomic E-state index is -0.240. The van der Waals surface area contributed by atoms with E-state index in [1.807, 2.05) is 22.8 Å². The van der Waals surface area contributed by atoms with Crippen LogP contribution in [-0.2, 0) is 12.3 Å². The van der Waals surface area contributed by atoms with Gasteiger partial charge in [0.15, 0.2) is 0 Å². The summed E-state index contributed by atoms with van der Waals surface area (Å²) in [5, 5.41) is 0. The first kappa shape index (κ1) is 14.1. The highest BCUT2D eigenvalue weighted by atomic mass is 35.5. The van der Waals surface area contributed by atoms with Crippen LogP contribution in [0.15, 0.2) is 36.4 Å². The lowest BCUT2D eigenvalue weighted by atomic mass is 10.1. The SMILES string of the molecule is CCc1cccc(-n2c(CCl)nc3cc(F)c(C)cc32)c1. The van der Waals surface area contributed by atoms with Crippen molar-refractivity contribution < 1.29 is 4.39 Å². The maximum Gasteiger partial charge on any atom is 0.129 e. The topological polar surface area (TPSA) is 17.8 Å². The summed E-state index contributed by atoms with van der Waals surface area (Å²) >= 11 is 6.03. The summed E-state index contributed by atoms with van der Waals surface area (Å²) in [4.78, 5) is 4.46. The molecule has 0 fully saturated rings. The van der Waals surface area contributed by atoms with E-state index < -0.39 is 0 Å². The molecule has 0 saturated carbocycles. The van der Waals surface area contributed by atoms with Crippen LogP contribution in [0.25, 0.3) is 16.7 Å². The molecule has 0 aliphatic rings. The molecule has 108 valence electrons. The van der Waals surface area contributed by atoms with E-state index in [1.54, 1.807) is 6.92 Å². The van der Waals surface area contributed by atoms with Crippen LogP contribution < -0.4 is 0 Å². The first-order valence-corrected chi connectivity index (χ1v) is 7.50. The summed E-state index contributed by atoms with van der Waals surface area (Å²) in [5.41, 5.74) is 4.39. The number of imidazole rings is 1. The van der Waals surface area contributed by atoms with Gasteiger partial charge in [-0.2, -0.15) is 0 Å². The van der Waals surface area contributed by atoms with E-state index in [0.717, 1.165) is 23.4 Å². The van der Waals surface area contributed by atoms with Crippen LogP contribution in [0.5, 0.6) is 0 Å². The van der Waals surface area contributed by atoms with Crippen LogP contribution in [0.1, 0.15) is 23.9 Å². The average molecular weight is 303 g/mol. The van der Waals surface area contributed by atoms with Crippen molar-refractivity contribution in [3.05, 3.63) is 59.2 Å². The monoisotopic (exact) mass is 302 g/mol. The van der Waals surface area contributed by atoms with Crippen molar-refractivity contribution in [2.24, 2.45) is 0 Å². The maximum atomic E-state index is 13.7. The van der Waals surface area contributed by atoms with Crippen LogP contribution in [0.3, 0.4) is 0 Å². The molecule has 0 bridgehead atoms. The Kier molecular flexibility index (Phi) is 3.68. The smallest absolute Gasteiger partial charge is 0.129 e. The number of alkyl halides is 1. The lowest BCUT2D eigenvalue weighted by molar-refractivity contribution is 0.620. The molecule has 0 aliphatic carbocycles. The molecule has 0 atom stereocenters. The van der Waals surface area contributed by atoms with E-state index in [2.05, 4.69) is 24.0 Å². The molecule has 0 N–H and O–H groups in total. The molecule has 0 spiro atoms. The zero-order valence-electron chi connectivity index (χ0n) is 12.0. The van der Waals surface area contributed by atoms with E-state index >= 15 is 0 Å². The Balaban J connectivity index is 2.31. The molecule has 3 aromatic rings. The Labute approximate surface area is 128 Å². The van der Waals surface area contributed by atoms with E-state index in [0.29, 0.717) is 11.1 Å². The summed E-state index contributed by atoms with van der Waals surface area (Å²) in [6.07, 6.45) is 0.963. The third-order valence-electron chi connectivity index (χ3n) is 3.70. The molecule has 0 radical (unpaired) electrons. The zero-order chi connectivity index (χ0) is 15.0. The molecule has 4 heteroatoms. The molecule has 0 unspecified atom stereocenters. The van der Waals surface area contributed by atoms with Gasteiger partial charge in [-0.3, -0.25) is 4.57 Å². The molecule has 1 heterocycles. The number of benzene rings is 2. The van der Waals surface area contributed by atoms with E-state index in [-0.39, 0.29) is 11.7 Å². The van der Waals surface area contributed by atoms with Crippen LogP contribution >= 0.6 is 11.6 Å². The Bertz CT molecular complexity index is 808. The number of hydrogen-bond donors (Lipinski definition) is 0. The number of rotatable bonds is 3. The van der Waals surface area contributed by atoms with Gasteiger partial charge in [0.1, 0.15) is 11.6 Å². The second-order valence-corrected chi connectivity index (χ2v) is 5.38. The van der Waals surface area contributed by atoms with Gasteiger partial charge in [0.05, 0.1) is 16.9 Å². The standard InChI is InChI=1S/C17H16ClFN2/c1-3-12-5-4-6-13(8-12)21-16-7-11(2)14(19)9-15(16)20-17(21)10-18/h4-9H,3,10H2,1-2H3. The van der Waals surface area contributed by atoms with Gasteiger partial charge < -0.3 is 0 Å². The fourth-order valence-corrected chi connectivity index (χ4v) is 2.73. The molecule has 21 heavy (non-hydrogen) atoms. The fraction of sp³-hybridized carbons (Fsp3) is 0.235. The number of aromatic nitrogens is 2. The number of hydrogen-bond acceptors (Lipinski definition) is 1. The van der Waals surface area contributed by atoms with Crippen molar-refractivity contribution in [2.45, 2.75) is 26.1 Å². The highest BCUT2D eigenvalue weighted by Gasteiger charge is 2.14. The van der Waals surface area contributed by atoms with E-state index in [9.17, 15) is 4.39 Å². The second kappa shape index (κ2) is 5.49. The predicted molar refractivity (Wildman–Crippen MR) is 84.7 cm³/mol. The Hall–Kier alpha value is -1.87. The van der Waals surface area contributed by atoms with Crippen LogP contribution in [0, 0.1) is 12.7 Å². The molecule has 0 aliphatic heterocycles. The van der Waals surface area contributed by atoms with Crippen LogP contribution in [-0.4, -0.2) is 9.55 Å². The number of halogens is 2. The van der Waals surface area contributed by atoms with Gasteiger partial charge in [0.25, 0.3) is 0 Å². The van der Waals surface area contributed by atoms with Gasteiger partial charge in [-0.15, -0.1) is 11.6 Å². The molecule has 0 amide bonds. The summed E-state index contributed by atoms with van der Waals surface area (Å²) in [7, 11) is 0. The molecular formula is C17H16ClFN2.